The first kappa shape index (κ1) is 22.4. The van der Waals surface area contributed by atoms with E-state index >= 15 is 0 Å². The molecule has 0 fully saturated rings. The molecule has 2 rings (SSSR count). The lowest BCUT2D eigenvalue weighted by Crippen LogP contribution is -2.25. The Bertz CT molecular complexity index is 972. The third-order valence-corrected chi connectivity index (χ3v) is 4.10. The van der Waals surface area contributed by atoms with Gasteiger partial charge in [-0.25, -0.2) is 4.79 Å². The zero-order valence-electron chi connectivity index (χ0n) is 17.1. The molecule has 0 atom stereocenters. The smallest absolute Gasteiger partial charge is 0.336 e. The number of unbranched alkanes of at least 4 members (excludes halogenated alkanes) is 1. The number of hydrogen-bond acceptors (Lipinski definition) is 5. The van der Waals surface area contributed by atoms with Gasteiger partial charge in [-0.3, -0.25) is 4.79 Å². The maximum Gasteiger partial charge on any atom is 0.336 e. The number of ether oxygens (including phenoxy) is 2. The van der Waals surface area contributed by atoms with E-state index in [9.17, 15) is 14.9 Å². The predicted molar refractivity (Wildman–Crippen MR) is 116 cm³/mol. The van der Waals surface area contributed by atoms with E-state index < -0.39 is 11.9 Å². The SMILES string of the molecule is CCCCNC(=O)/C(C#N)=C/c1ccc(OC(=O)/C=C/c2ccccc2)c(OC)c1. The van der Waals surface area contributed by atoms with Crippen LogP contribution in [0.4, 0.5) is 0 Å². The largest absolute Gasteiger partial charge is 0.493 e. The van der Waals surface area contributed by atoms with Gasteiger partial charge in [-0.05, 0) is 41.8 Å². The quantitative estimate of drug-likeness (QED) is 0.223. The number of hydrogen-bond donors (Lipinski definition) is 1. The Kier molecular flexibility index (Phi) is 8.88. The van der Waals surface area contributed by atoms with Crippen molar-refractivity contribution < 1.29 is 19.1 Å². The molecule has 6 nitrogen and oxygen atoms in total. The maximum absolute atomic E-state index is 12.1. The van der Waals surface area contributed by atoms with Gasteiger partial charge in [0.15, 0.2) is 11.5 Å². The predicted octanol–water partition coefficient (Wildman–Crippen LogP) is 4.14. The molecular weight excluding hydrogens is 380 g/mol. The lowest BCUT2D eigenvalue weighted by molar-refractivity contribution is -0.129. The van der Waals surface area contributed by atoms with Crippen molar-refractivity contribution in [1.82, 2.24) is 5.32 Å². The molecule has 2 aromatic rings. The summed E-state index contributed by atoms with van der Waals surface area (Å²) in [6.07, 6.45) is 6.24. The van der Waals surface area contributed by atoms with E-state index in [1.165, 1.54) is 19.3 Å². The Hall–Kier alpha value is -3.85. The fourth-order valence-corrected chi connectivity index (χ4v) is 2.52. The van der Waals surface area contributed by atoms with Crippen molar-refractivity contribution >= 4 is 24.0 Å². The van der Waals surface area contributed by atoms with Gasteiger partial charge in [-0.15, -0.1) is 0 Å². The summed E-state index contributed by atoms with van der Waals surface area (Å²) in [6.45, 7) is 2.54. The standard InChI is InChI=1S/C24H24N2O4/c1-3-4-14-26-24(28)20(17-25)15-19-10-12-21(22(16-19)29-2)30-23(27)13-11-18-8-6-5-7-9-18/h5-13,15-16H,3-4,14H2,1-2H3,(H,26,28)/b13-11+,20-15+. The summed E-state index contributed by atoms with van der Waals surface area (Å²) in [4.78, 5) is 24.2. The molecule has 0 saturated heterocycles. The van der Waals surface area contributed by atoms with Crippen LogP contribution in [0.1, 0.15) is 30.9 Å². The average molecular weight is 404 g/mol. The number of esters is 1. The highest BCUT2D eigenvalue weighted by Gasteiger charge is 2.11. The summed E-state index contributed by atoms with van der Waals surface area (Å²) in [5, 5.41) is 12.0. The van der Waals surface area contributed by atoms with Gasteiger partial charge in [0.1, 0.15) is 11.6 Å². The van der Waals surface area contributed by atoms with Gasteiger partial charge in [0.2, 0.25) is 0 Å². The number of amides is 1. The summed E-state index contributed by atoms with van der Waals surface area (Å²) in [7, 11) is 1.45. The van der Waals surface area contributed by atoms with Crippen molar-refractivity contribution in [3.05, 3.63) is 71.3 Å². The average Bonchev–Trinajstić information content (AvgIpc) is 2.77. The van der Waals surface area contributed by atoms with E-state index in [-0.39, 0.29) is 11.3 Å². The van der Waals surface area contributed by atoms with Gasteiger partial charge >= 0.3 is 5.97 Å². The molecule has 0 bridgehead atoms. The van der Waals surface area contributed by atoms with Crippen LogP contribution in [-0.2, 0) is 9.59 Å². The summed E-state index contributed by atoms with van der Waals surface area (Å²) in [5.74, 6) is -0.419. The second kappa shape index (κ2) is 11.9. The van der Waals surface area contributed by atoms with Crippen molar-refractivity contribution in [3.8, 4) is 17.6 Å². The summed E-state index contributed by atoms with van der Waals surface area (Å²) in [6, 6.07) is 16.1. The molecule has 0 radical (unpaired) electrons. The number of carbonyl (C=O) groups is 2. The van der Waals surface area contributed by atoms with Crippen LogP contribution in [0.15, 0.2) is 60.2 Å². The first-order valence-electron chi connectivity index (χ1n) is 9.60. The fraction of sp³-hybridized carbons (Fsp3) is 0.208. The summed E-state index contributed by atoms with van der Waals surface area (Å²) >= 11 is 0. The van der Waals surface area contributed by atoms with Crippen molar-refractivity contribution in [1.29, 1.82) is 5.26 Å². The second-order valence-corrected chi connectivity index (χ2v) is 6.35. The number of carbonyl (C=O) groups excluding carboxylic acids is 2. The Labute approximate surface area is 176 Å². The van der Waals surface area contributed by atoms with Gasteiger partial charge in [0.05, 0.1) is 7.11 Å². The van der Waals surface area contributed by atoms with E-state index in [4.69, 9.17) is 9.47 Å². The van der Waals surface area contributed by atoms with Gasteiger partial charge in [0, 0.05) is 12.6 Å². The first-order chi connectivity index (χ1) is 14.6. The first-order valence-corrected chi connectivity index (χ1v) is 9.60. The van der Waals surface area contributed by atoms with Gasteiger partial charge in [-0.2, -0.15) is 5.26 Å². The molecule has 6 heteroatoms. The molecule has 0 aliphatic rings. The summed E-state index contributed by atoms with van der Waals surface area (Å²) < 4.78 is 10.6. The Morgan fingerprint density at radius 1 is 1.10 bits per heavy atom. The van der Waals surface area contributed by atoms with Crippen LogP contribution >= 0.6 is 0 Å². The zero-order chi connectivity index (χ0) is 21.8. The number of rotatable bonds is 9. The Morgan fingerprint density at radius 2 is 1.87 bits per heavy atom. The van der Waals surface area contributed by atoms with Crippen LogP contribution in [0.2, 0.25) is 0 Å². The van der Waals surface area contributed by atoms with Crippen LogP contribution in [0.5, 0.6) is 11.5 Å². The molecule has 0 aliphatic carbocycles. The Morgan fingerprint density at radius 3 is 2.53 bits per heavy atom. The van der Waals surface area contributed by atoms with Crippen LogP contribution in [0.25, 0.3) is 12.2 Å². The monoisotopic (exact) mass is 404 g/mol. The van der Waals surface area contributed by atoms with E-state index in [2.05, 4.69) is 5.32 Å². The van der Waals surface area contributed by atoms with Crippen molar-refractivity contribution in [2.75, 3.05) is 13.7 Å². The van der Waals surface area contributed by atoms with Gasteiger partial charge < -0.3 is 14.8 Å². The second-order valence-electron chi connectivity index (χ2n) is 6.35. The van der Waals surface area contributed by atoms with Gasteiger partial charge in [0.25, 0.3) is 5.91 Å². The molecule has 2 aromatic carbocycles. The number of benzene rings is 2. The normalized spacial score (nSPS) is 11.0. The molecule has 0 spiro atoms. The fourth-order valence-electron chi connectivity index (χ4n) is 2.52. The minimum atomic E-state index is -0.548. The van der Waals surface area contributed by atoms with Crippen LogP contribution in [0, 0.1) is 11.3 Å². The minimum absolute atomic E-state index is 0.0105. The number of nitrogens with one attached hydrogen (secondary N) is 1. The van der Waals surface area contributed by atoms with Crippen molar-refractivity contribution in [3.63, 3.8) is 0 Å². The molecule has 0 unspecified atom stereocenters. The van der Waals surface area contributed by atoms with Crippen LogP contribution in [0.3, 0.4) is 0 Å². The number of nitriles is 1. The molecule has 0 heterocycles. The maximum atomic E-state index is 12.1. The van der Waals surface area contributed by atoms with Gasteiger partial charge in [-0.1, -0.05) is 49.7 Å². The third kappa shape index (κ3) is 6.95. The Balaban J connectivity index is 2.11. The van der Waals surface area contributed by atoms with Crippen molar-refractivity contribution in [2.45, 2.75) is 19.8 Å². The molecule has 0 aromatic heterocycles. The highest BCUT2D eigenvalue weighted by atomic mass is 16.6. The van der Waals surface area contributed by atoms with E-state index in [1.807, 2.05) is 43.3 Å². The molecule has 1 N–H and O–H groups in total. The highest BCUT2D eigenvalue weighted by molar-refractivity contribution is 6.01. The molecule has 1 amide bonds. The zero-order valence-corrected chi connectivity index (χ0v) is 17.1. The van der Waals surface area contributed by atoms with Crippen molar-refractivity contribution in [2.24, 2.45) is 0 Å². The van der Waals surface area contributed by atoms with E-state index in [0.29, 0.717) is 17.9 Å². The topological polar surface area (TPSA) is 88.4 Å². The molecule has 154 valence electrons. The van der Waals surface area contributed by atoms with Crippen LogP contribution in [-0.4, -0.2) is 25.5 Å². The highest BCUT2D eigenvalue weighted by Crippen LogP contribution is 2.29. The molecular formula is C24H24N2O4. The lowest BCUT2D eigenvalue weighted by atomic mass is 10.1. The molecule has 30 heavy (non-hydrogen) atoms. The van der Waals surface area contributed by atoms with Crippen LogP contribution < -0.4 is 14.8 Å². The summed E-state index contributed by atoms with van der Waals surface area (Å²) in [5.41, 5.74) is 1.44. The molecule has 0 saturated carbocycles. The van der Waals surface area contributed by atoms with E-state index in [1.54, 1.807) is 24.3 Å². The number of nitrogens with zero attached hydrogens (tertiary/aromatic N) is 1. The van der Waals surface area contributed by atoms with E-state index in [0.717, 1.165) is 18.4 Å². The lowest BCUT2D eigenvalue weighted by Gasteiger charge is -2.09. The third-order valence-electron chi connectivity index (χ3n) is 4.10. The minimum Gasteiger partial charge on any atom is -0.493 e. The molecule has 0 aliphatic heterocycles. The number of methoxy groups -OCH3 is 1.